The molecule has 0 atom stereocenters. The highest BCUT2D eigenvalue weighted by Crippen LogP contribution is 2.44. The van der Waals surface area contributed by atoms with Crippen LogP contribution in [0.3, 0.4) is 0 Å². The van der Waals surface area contributed by atoms with E-state index in [1.165, 1.54) is 0 Å². The van der Waals surface area contributed by atoms with Crippen LogP contribution in [0.5, 0.6) is 17.2 Å². The maximum absolute atomic E-state index is 6.25. The lowest BCUT2D eigenvalue weighted by molar-refractivity contribution is 0.322. The van der Waals surface area contributed by atoms with Crippen LogP contribution in [0, 0.1) is 0 Å². The summed E-state index contributed by atoms with van der Waals surface area (Å²) in [4.78, 5) is 0. The molecule has 0 bridgehead atoms. The molecule has 1 aromatic rings. The molecule has 0 unspecified atom stereocenters. The van der Waals surface area contributed by atoms with Crippen LogP contribution in [0.25, 0.3) is 0 Å². The molecular formula is C13H20ClNO3. The maximum Gasteiger partial charge on any atom is 0.203 e. The first-order valence-electron chi connectivity index (χ1n) is 5.87. The largest absolute Gasteiger partial charge is 0.493 e. The second-order valence-corrected chi connectivity index (χ2v) is 4.26. The average Bonchev–Trinajstić information content (AvgIpc) is 2.39. The Morgan fingerprint density at radius 2 is 1.72 bits per heavy atom. The van der Waals surface area contributed by atoms with Crippen LogP contribution in [0.1, 0.15) is 18.4 Å². The van der Waals surface area contributed by atoms with Gasteiger partial charge in [-0.05, 0) is 25.8 Å². The van der Waals surface area contributed by atoms with Gasteiger partial charge < -0.3 is 19.9 Å². The van der Waals surface area contributed by atoms with Crippen molar-refractivity contribution in [1.29, 1.82) is 0 Å². The van der Waals surface area contributed by atoms with E-state index in [1.807, 2.05) is 0 Å². The van der Waals surface area contributed by atoms with E-state index >= 15 is 0 Å². The third kappa shape index (κ3) is 3.21. The molecule has 0 saturated carbocycles. The van der Waals surface area contributed by atoms with E-state index in [-0.39, 0.29) is 0 Å². The van der Waals surface area contributed by atoms with Gasteiger partial charge in [0.2, 0.25) is 5.75 Å². The first-order chi connectivity index (χ1) is 8.69. The van der Waals surface area contributed by atoms with Gasteiger partial charge in [0.25, 0.3) is 0 Å². The van der Waals surface area contributed by atoms with E-state index < -0.39 is 0 Å². The highest BCUT2D eigenvalue weighted by Gasteiger charge is 2.19. The van der Waals surface area contributed by atoms with Crippen LogP contribution in [-0.4, -0.2) is 27.9 Å². The molecule has 0 amide bonds. The van der Waals surface area contributed by atoms with Crippen molar-refractivity contribution in [3.05, 3.63) is 16.7 Å². The van der Waals surface area contributed by atoms with Gasteiger partial charge in [-0.25, -0.2) is 0 Å². The lowest BCUT2D eigenvalue weighted by Crippen LogP contribution is -2.02. The van der Waals surface area contributed by atoms with Crippen molar-refractivity contribution in [3.63, 3.8) is 0 Å². The van der Waals surface area contributed by atoms with E-state index in [0.717, 1.165) is 24.8 Å². The van der Waals surface area contributed by atoms with Gasteiger partial charge in [-0.15, -0.1) is 0 Å². The lowest BCUT2D eigenvalue weighted by atomic mass is 10.1. The molecule has 1 rings (SSSR count). The zero-order valence-electron chi connectivity index (χ0n) is 11.1. The summed E-state index contributed by atoms with van der Waals surface area (Å²) in [5.74, 6) is 1.79. The van der Waals surface area contributed by atoms with Gasteiger partial charge in [0, 0.05) is 11.6 Å². The molecule has 2 N–H and O–H groups in total. The zero-order chi connectivity index (χ0) is 13.5. The Morgan fingerprint density at radius 1 is 1.06 bits per heavy atom. The van der Waals surface area contributed by atoms with Crippen molar-refractivity contribution in [1.82, 2.24) is 0 Å². The highest BCUT2D eigenvalue weighted by atomic mass is 35.5. The van der Waals surface area contributed by atoms with Gasteiger partial charge in [-0.2, -0.15) is 0 Å². The second-order valence-electron chi connectivity index (χ2n) is 3.85. The summed E-state index contributed by atoms with van der Waals surface area (Å²) in [5, 5.41) is 0.626. The molecule has 0 fully saturated rings. The number of halogens is 1. The number of unbranched alkanes of at least 4 members (excludes halogenated alkanes) is 1. The number of methoxy groups -OCH3 is 3. The SMILES string of the molecule is COc1cc(Cl)c(CCCCN)c(OC)c1OC. The summed E-state index contributed by atoms with van der Waals surface area (Å²) >= 11 is 6.25. The summed E-state index contributed by atoms with van der Waals surface area (Å²) in [7, 11) is 4.75. The Morgan fingerprint density at radius 3 is 2.22 bits per heavy atom. The summed E-state index contributed by atoms with van der Waals surface area (Å²) in [6.45, 7) is 0.674. The molecule has 5 heteroatoms. The summed E-state index contributed by atoms with van der Waals surface area (Å²) in [5.41, 5.74) is 6.43. The molecule has 4 nitrogen and oxygen atoms in total. The van der Waals surface area contributed by atoms with E-state index in [2.05, 4.69) is 0 Å². The number of nitrogens with two attached hydrogens (primary N) is 1. The monoisotopic (exact) mass is 273 g/mol. The van der Waals surface area contributed by atoms with Gasteiger partial charge in [-0.3, -0.25) is 0 Å². The fourth-order valence-electron chi connectivity index (χ4n) is 1.87. The van der Waals surface area contributed by atoms with Crippen LogP contribution in [0.15, 0.2) is 6.07 Å². The van der Waals surface area contributed by atoms with Crippen molar-refractivity contribution in [2.24, 2.45) is 5.73 Å². The standard InChI is InChI=1S/C13H20ClNO3/c1-16-11-8-10(14)9(6-4-5-7-15)12(17-2)13(11)18-3/h8H,4-7,15H2,1-3H3. The minimum absolute atomic E-state index is 0.571. The Hall–Kier alpha value is -1.13. The van der Waals surface area contributed by atoms with Crippen molar-refractivity contribution >= 4 is 11.6 Å². The minimum atomic E-state index is 0.571. The van der Waals surface area contributed by atoms with Crippen molar-refractivity contribution in [2.75, 3.05) is 27.9 Å². The summed E-state index contributed by atoms with van der Waals surface area (Å²) in [6, 6.07) is 1.75. The first kappa shape index (κ1) is 14.9. The maximum atomic E-state index is 6.25. The third-order valence-electron chi connectivity index (χ3n) is 2.76. The van der Waals surface area contributed by atoms with Crippen molar-refractivity contribution in [3.8, 4) is 17.2 Å². The highest BCUT2D eigenvalue weighted by molar-refractivity contribution is 6.31. The van der Waals surface area contributed by atoms with Crippen LogP contribution < -0.4 is 19.9 Å². The van der Waals surface area contributed by atoms with Crippen LogP contribution in [-0.2, 0) is 6.42 Å². The Balaban J connectivity index is 3.14. The number of hydrogen-bond acceptors (Lipinski definition) is 4. The molecule has 1 aromatic carbocycles. The quantitative estimate of drug-likeness (QED) is 0.776. The first-order valence-corrected chi connectivity index (χ1v) is 6.24. The molecule has 102 valence electrons. The molecule has 0 aliphatic heterocycles. The smallest absolute Gasteiger partial charge is 0.203 e. The second kappa shape index (κ2) is 7.34. The average molecular weight is 274 g/mol. The minimum Gasteiger partial charge on any atom is -0.493 e. The number of rotatable bonds is 7. The Labute approximate surface area is 113 Å². The van der Waals surface area contributed by atoms with E-state index in [9.17, 15) is 0 Å². The van der Waals surface area contributed by atoms with E-state index in [1.54, 1.807) is 27.4 Å². The molecule has 0 saturated heterocycles. The molecule has 0 aliphatic carbocycles. The summed E-state index contributed by atoms with van der Waals surface area (Å²) in [6.07, 6.45) is 2.72. The topological polar surface area (TPSA) is 53.7 Å². The van der Waals surface area contributed by atoms with Gasteiger partial charge in [0.05, 0.1) is 26.4 Å². The molecular weight excluding hydrogens is 254 g/mol. The lowest BCUT2D eigenvalue weighted by Gasteiger charge is -2.17. The molecule has 0 heterocycles. The molecule has 0 aliphatic rings. The number of benzene rings is 1. The normalized spacial score (nSPS) is 10.3. The van der Waals surface area contributed by atoms with Crippen molar-refractivity contribution in [2.45, 2.75) is 19.3 Å². The zero-order valence-corrected chi connectivity index (χ0v) is 11.8. The Kier molecular flexibility index (Phi) is 6.09. The fourth-order valence-corrected chi connectivity index (χ4v) is 2.14. The van der Waals surface area contributed by atoms with Crippen molar-refractivity contribution < 1.29 is 14.2 Å². The molecule has 0 spiro atoms. The van der Waals surface area contributed by atoms with Gasteiger partial charge in [0.1, 0.15) is 0 Å². The van der Waals surface area contributed by atoms with Gasteiger partial charge in [-0.1, -0.05) is 11.6 Å². The molecule has 0 aromatic heterocycles. The van der Waals surface area contributed by atoms with Gasteiger partial charge in [0.15, 0.2) is 11.5 Å². The fraction of sp³-hybridized carbons (Fsp3) is 0.538. The third-order valence-corrected chi connectivity index (χ3v) is 3.10. The number of ether oxygens (including phenoxy) is 3. The summed E-state index contributed by atoms with van der Waals surface area (Å²) < 4.78 is 16.0. The van der Waals surface area contributed by atoms with E-state index in [0.29, 0.717) is 28.8 Å². The van der Waals surface area contributed by atoms with Gasteiger partial charge >= 0.3 is 0 Å². The number of hydrogen-bond donors (Lipinski definition) is 1. The van der Waals surface area contributed by atoms with Crippen LogP contribution >= 0.6 is 11.6 Å². The molecule has 18 heavy (non-hydrogen) atoms. The Bertz CT molecular complexity index is 396. The van der Waals surface area contributed by atoms with E-state index in [4.69, 9.17) is 31.5 Å². The molecule has 0 radical (unpaired) electrons. The predicted molar refractivity (Wildman–Crippen MR) is 73.1 cm³/mol. The predicted octanol–water partition coefficient (Wildman–Crippen LogP) is 2.65. The van der Waals surface area contributed by atoms with Crippen LogP contribution in [0.2, 0.25) is 5.02 Å². The van der Waals surface area contributed by atoms with Crippen LogP contribution in [0.4, 0.5) is 0 Å².